The van der Waals surface area contributed by atoms with E-state index in [1.165, 1.54) is 11.9 Å². The standard InChI is InChI=1S/C16H19NO4/c1-3-21-15(19)12-17(2)16(20)14-10-5-4-8-13(14)9-6-7-11-18/h4-5,8,10,18H,3,7,11-12H2,1-2H3. The number of esters is 1. The third-order valence-corrected chi connectivity index (χ3v) is 2.64. The van der Waals surface area contributed by atoms with Crippen LogP contribution in [0.2, 0.25) is 0 Å². The van der Waals surface area contributed by atoms with Gasteiger partial charge >= 0.3 is 5.97 Å². The average Bonchev–Trinajstić information content (AvgIpc) is 2.47. The lowest BCUT2D eigenvalue weighted by atomic mass is 10.1. The second kappa shape index (κ2) is 8.77. The summed E-state index contributed by atoms with van der Waals surface area (Å²) < 4.78 is 4.82. The number of aliphatic hydroxyl groups excluding tert-OH is 1. The molecular weight excluding hydrogens is 270 g/mol. The Morgan fingerprint density at radius 1 is 1.33 bits per heavy atom. The van der Waals surface area contributed by atoms with Gasteiger partial charge in [0.15, 0.2) is 0 Å². The topological polar surface area (TPSA) is 66.8 Å². The summed E-state index contributed by atoms with van der Waals surface area (Å²) in [5.41, 5.74) is 1.00. The van der Waals surface area contributed by atoms with Crippen molar-refractivity contribution in [3.05, 3.63) is 35.4 Å². The highest BCUT2D eigenvalue weighted by molar-refractivity contribution is 5.98. The Balaban J connectivity index is 2.87. The molecule has 21 heavy (non-hydrogen) atoms. The molecule has 5 nitrogen and oxygen atoms in total. The predicted octanol–water partition coefficient (Wildman–Crippen LogP) is 1.06. The number of carbonyl (C=O) groups is 2. The van der Waals surface area contributed by atoms with Crippen molar-refractivity contribution in [1.29, 1.82) is 0 Å². The summed E-state index contributed by atoms with van der Waals surface area (Å²) in [5, 5.41) is 8.73. The first kappa shape index (κ1) is 16.7. The van der Waals surface area contributed by atoms with Gasteiger partial charge in [-0.2, -0.15) is 0 Å². The fraction of sp³-hybridized carbons (Fsp3) is 0.375. The number of carbonyl (C=O) groups excluding carboxylic acids is 2. The summed E-state index contributed by atoms with van der Waals surface area (Å²) in [4.78, 5) is 25.0. The Bertz CT molecular complexity index is 557. The normalized spacial score (nSPS) is 9.48. The summed E-state index contributed by atoms with van der Waals surface area (Å²) in [6.07, 6.45) is 0.348. The minimum Gasteiger partial charge on any atom is -0.465 e. The van der Waals surface area contributed by atoms with Crippen LogP contribution in [0.25, 0.3) is 0 Å². The molecule has 0 aliphatic heterocycles. The molecule has 5 heteroatoms. The number of nitrogens with zero attached hydrogens (tertiary/aromatic N) is 1. The molecule has 0 saturated carbocycles. The van der Waals surface area contributed by atoms with Crippen molar-refractivity contribution in [2.45, 2.75) is 13.3 Å². The van der Waals surface area contributed by atoms with Gasteiger partial charge < -0.3 is 14.7 Å². The molecule has 0 unspecified atom stereocenters. The van der Waals surface area contributed by atoms with Gasteiger partial charge in [0.25, 0.3) is 5.91 Å². The highest BCUT2D eigenvalue weighted by Crippen LogP contribution is 2.10. The number of hydrogen-bond acceptors (Lipinski definition) is 4. The number of hydrogen-bond donors (Lipinski definition) is 1. The fourth-order valence-electron chi connectivity index (χ4n) is 1.67. The van der Waals surface area contributed by atoms with Crippen LogP contribution >= 0.6 is 0 Å². The van der Waals surface area contributed by atoms with Crippen LogP contribution in [0.5, 0.6) is 0 Å². The van der Waals surface area contributed by atoms with Crippen molar-refractivity contribution >= 4 is 11.9 Å². The smallest absolute Gasteiger partial charge is 0.325 e. The zero-order chi connectivity index (χ0) is 15.7. The first-order chi connectivity index (χ1) is 10.1. The maximum Gasteiger partial charge on any atom is 0.325 e. The molecule has 1 N–H and O–H groups in total. The summed E-state index contributed by atoms with van der Waals surface area (Å²) in [6, 6.07) is 6.91. The summed E-state index contributed by atoms with van der Waals surface area (Å²) >= 11 is 0. The minimum absolute atomic E-state index is 0.0219. The predicted molar refractivity (Wildman–Crippen MR) is 78.6 cm³/mol. The Kier molecular flexibility index (Phi) is 6.99. The van der Waals surface area contributed by atoms with E-state index in [2.05, 4.69) is 11.8 Å². The second-order valence-electron chi connectivity index (χ2n) is 4.29. The van der Waals surface area contributed by atoms with Crippen LogP contribution < -0.4 is 0 Å². The highest BCUT2D eigenvalue weighted by Gasteiger charge is 2.17. The number of benzene rings is 1. The van der Waals surface area contributed by atoms with Crippen molar-refractivity contribution in [1.82, 2.24) is 4.90 Å². The van der Waals surface area contributed by atoms with Gasteiger partial charge in [0, 0.05) is 19.0 Å². The quantitative estimate of drug-likeness (QED) is 0.650. The van der Waals surface area contributed by atoms with E-state index in [1.807, 2.05) is 0 Å². The third kappa shape index (κ3) is 5.28. The molecular formula is C16H19NO4. The van der Waals surface area contributed by atoms with Crippen LogP contribution in [0.4, 0.5) is 0 Å². The van der Waals surface area contributed by atoms with E-state index in [0.29, 0.717) is 17.5 Å². The monoisotopic (exact) mass is 289 g/mol. The molecule has 0 bridgehead atoms. The number of ether oxygens (including phenoxy) is 1. The minimum atomic E-state index is -0.447. The van der Waals surface area contributed by atoms with E-state index in [-0.39, 0.29) is 25.7 Å². The Morgan fingerprint density at radius 3 is 2.71 bits per heavy atom. The van der Waals surface area contributed by atoms with E-state index in [9.17, 15) is 9.59 Å². The van der Waals surface area contributed by atoms with E-state index in [0.717, 1.165) is 0 Å². The average molecular weight is 289 g/mol. The van der Waals surface area contributed by atoms with Gasteiger partial charge in [0.05, 0.1) is 18.8 Å². The molecule has 0 fully saturated rings. The van der Waals surface area contributed by atoms with E-state index in [1.54, 1.807) is 31.2 Å². The first-order valence-electron chi connectivity index (χ1n) is 6.70. The van der Waals surface area contributed by atoms with Crippen LogP contribution in [0.1, 0.15) is 29.3 Å². The van der Waals surface area contributed by atoms with Crippen molar-refractivity contribution in [2.75, 3.05) is 26.8 Å². The molecule has 1 amide bonds. The SMILES string of the molecule is CCOC(=O)CN(C)C(=O)c1ccccc1C#CCCO. The van der Waals surface area contributed by atoms with Crippen LogP contribution in [0, 0.1) is 11.8 Å². The van der Waals surface area contributed by atoms with Crippen molar-refractivity contribution in [3.63, 3.8) is 0 Å². The Hall–Kier alpha value is -2.32. The van der Waals surface area contributed by atoms with Crippen LogP contribution in [0.3, 0.4) is 0 Å². The highest BCUT2D eigenvalue weighted by atomic mass is 16.5. The summed E-state index contributed by atoms with van der Waals surface area (Å²) in [6.45, 7) is 1.87. The Morgan fingerprint density at radius 2 is 2.05 bits per heavy atom. The van der Waals surface area contributed by atoms with Crippen molar-refractivity contribution in [2.24, 2.45) is 0 Å². The summed E-state index contributed by atoms with van der Waals surface area (Å²) in [5.74, 6) is 4.90. The lowest BCUT2D eigenvalue weighted by molar-refractivity contribution is -0.143. The van der Waals surface area contributed by atoms with Gasteiger partial charge in [-0.1, -0.05) is 24.0 Å². The van der Waals surface area contributed by atoms with Gasteiger partial charge in [-0.25, -0.2) is 0 Å². The molecule has 112 valence electrons. The molecule has 0 heterocycles. The summed E-state index contributed by atoms with van der Waals surface area (Å²) in [7, 11) is 1.54. The molecule has 1 rings (SSSR count). The van der Waals surface area contributed by atoms with Gasteiger partial charge in [-0.05, 0) is 19.1 Å². The second-order valence-corrected chi connectivity index (χ2v) is 4.29. The zero-order valence-corrected chi connectivity index (χ0v) is 12.3. The molecule has 0 spiro atoms. The number of amides is 1. The molecule has 0 aliphatic rings. The Labute approximate surface area is 124 Å². The fourth-order valence-corrected chi connectivity index (χ4v) is 1.67. The third-order valence-electron chi connectivity index (χ3n) is 2.64. The molecule has 0 atom stereocenters. The first-order valence-corrected chi connectivity index (χ1v) is 6.70. The zero-order valence-electron chi connectivity index (χ0n) is 12.3. The number of likely N-dealkylation sites (N-methyl/N-ethyl adjacent to an activating group) is 1. The maximum absolute atomic E-state index is 12.3. The van der Waals surface area contributed by atoms with Gasteiger partial charge in [-0.3, -0.25) is 9.59 Å². The van der Waals surface area contributed by atoms with Gasteiger partial charge in [0.1, 0.15) is 6.54 Å². The lowest BCUT2D eigenvalue weighted by Gasteiger charge is -2.16. The molecule has 1 aromatic rings. The molecule has 0 aliphatic carbocycles. The van der Waals surface area contributed by atoms with Gasteiger partial charge in [0.2, 0.25) is 0 Å². The largest absolute Gasteiger partial charge is 0.465 e. The molecule has 0 aromatic heterocycles. The van der Waals surface area contributed by atoms with Crippen LogP contribution in [-0.4, -0.2) is 48.7 Å². The molecule has 0 radical (unpaired) electrons. The van der Waals surface area contributed by atoms with Crippen molar-refractivity contribution < 1.29 is 19.4 Å². The maximum atomic E-state index is 12.3. The van der Waals surface area contributed by atoms with E-state index >= 15 is 0 Å². The molecule has 0 saturated heterocycles. The van der Waals surface area contributed by atoms with Crippen molar-refractivity contribution in [3.8, 4) is 11.8 Å². The van der Waals surface area contributed by atoms with Crippen LogP contribution in [0.15, 0.2) is 24.3 Å². The van der Waals surface area contributed by atoms with E-state index in [4.69, 9.17) is 9.84 Å². The number of aliphatic hydroxyl groups is 1. The van der Waals surface area contributed by atoms with Crippen LogP contribution in [-0.2, 0) is 9.53 Å². The van der Waals surface area contributed by atoms with E-state index < -0.39 is 5.97 Å². The number of rotatable bonds is 5. The molecule has 1 aromatic carbocycles. The lowest BCUT2D eigenvalue weighted by Crippen LogP contribution is -2.33. The van der Waals surface area contributed by atoms with Gasteiger partial charge in [-0.15, -0.1) is 0 Å².